The maximum Gasteiger partial charge on any atom is 0.419 e. The van der Waals surface area contributed by atoms with Gasteiger partial charge in [0, 0.05) is 0 Å². The minimum atomic E-state index is -1.09. The predicted molar refractivity (Wildman–Crippen MR) is 46.1 cm³/mol. The van der Waals surface area contributed by atoms with E-state index < -0.39 is 12.1 Å². The Labute approximate surface area is 76.9 Å². The zero-order valence-corrected chi connectivity index (χ0v) is 8.02. The Morgan fingerprint density at radius 3 is 2.46 bits per heavy atom. The van der Waals surface area contributed by atoms with Gasteiger partial charge in [-0.1, -0.05) is 13.8 Å². The van der Waals surface area contributed by atoms with E-state index in [4.69, 9.17) is 5.53 Å². The van der Waals surface area contributed by atoms with Crippen molar-refractivity contribution in [1.82, 2.24) is 0 Å². The van der Waals surface area contributed by atoms with Crippen LogP contribution in [0.25, 0.3) is 5.53 Å². The fraction of sp³-hybridized carbons (Fsp3) is 0.750. The van der Waals surface area contributed by atoms with Crippen molar-refractivity contribution < 1.29 is 19.4 Å². The standard InChI is InChI=1S/C8H14N2O3/c1-4-13-8(12)6(10-9)7(11)5(2)3/h5,7,11H,4H2,1-3H3/t7-/m0/s1. The van der Waals surface area contributed by atoms with E-state index in [1.54, 1.807) is 20.8 Å². The molecule has 0 aromatic rings. The molecule has 0 saturated heterocycles. The number of hydrogen-bond acceptors (Lipinski definition) is 3. The molecular formula is C8H14N2O3. The largest absolute Gasteiger partial charge is 0.457 e. The Balaban J connectivity index is 4.54. The highest BCUT2D eigenvalue weighted by Crippen LogP contribution is 2.03. The zero-order valence-electron chi connectivity index (χ0n) is 8.02. The number of aliphatic hydroxyl groups excluding tert-OH is 1. The van der Waals surface area contributed by atoms with E-state index in [2.05, 4.69) is 9.53 Å². The fourth-order valence-corrected chi connectivity index (χ4v) is 0.741. The summed E-state index contributed by atoms with van der Waals surface area (Å²) in [5.41, 5.74) is 8.12. The lowest BCUT2D eigenvalue weighted by molar-refractivity contribution is -0.141. The lowest BCUT2D eigenvalue weighted by Gasteiger charge is -2.08. The number of nitrogens with zero attached hydrogens (tertiary/aromatic N) is 2. The van der Waals surface area contributed by atoms with E-state index in [1.807, 2.05) is 0 Å². The van der Waals surface area contributed by atoms with Gasteiger partial charge in [-0.15, -0.1) is 0 Å². The number of aliphatic hydroxyl groups is 1. The van der Waals surface area contributed by atoms with Crippen molar-refractivity contribution in [1.29, 1.82) is 0 Å². The fourth-order valence-electron chi connectivity index (χ4n) is 0.741. The minimum absolute atomic E-state index is 0.183. The monoisotopic (exact) mass is 186 g/mol. The van der Waals surface area contributed by atoms with Crippen LogP contribution in [0.1, 0.15) is 20.8 Å². The number of esters is 1. The molecule has 1 N–H and O–H groups in total. The van der Waals surface area contributed by atoms with Crippen LogP contribution >= 0.6 is 0 Å². The molecule has 0 radical (unpaired) electrons. The molecule has 0 fully saturated rings. The Morgan fingerprint density at radius 2 is 2.15 bits per heavy atom. The molecule has 1 atom stereocenters. The van der Waals surface area contributed by atoms with Crippen molar-refractivity contribution in [3.63, 3.8) is 0 Å². The van der Waals surface area contributed by atoms with Gasteiger partial charge >= 0.3 is 11.7 Å². The predicted octanol–water partition coefficient (Wildman–Crippen LogP) is 0.237. The van der Waals surface area contributed by atoms with Crippen LogP contribution in [0.3, 0.4) is 0 Å². The molecule has 0 bridgehead atoms. The summed E-state index contributed by atoms with van der Waals surface area (Å²) in [5, 5.41) is 9.39. The molecular weight excluding hydrogens is 172 g/mol. The van der Waals surface area contributed by atoms with Crippen molar-refractivity contribution in [3.8, 4) is 0 Å². The summed E-state index contributed by atoms with van der Waals surface area (Å²) in [4.78, 5) is 13.8. The molecule has 0 aromatic heterocycles. The first-order chi connectivity index (χ1) is 6.04. The van der Waals surface area contributed by atoms with Crippen LogP contribution in [0.4, 0.5) is 0 Å². The van der Waals surface area contributed by atoms with Crippen molar-refractivity contribution in [2.75, 3.05) is 6.61 Å². The van der Waals surface area contributed by atoms with Gasteiger partial charge < -0.3 is 15.4 Å². The van der Waals surface area contributed by atoms with Gasteiger partial charge in [0.1, 0.15) is 0 Å². The second-order valence-electron chi connectivity index (χ2n) is 2.89. The zero-order chi connectivity index (χ0) is 10.4. The Morgan fingerprint density at radius 1 is 1.62 bits per heavy atom. The maximum atomic E-state index is 11.0. The average Bonchev–Trinajstić information content (AvgIpc) is 2.05. The van der Waals surface area contributed by atoms with Gasteiger partial charge in [-0.25, -0.2) is 4.79 Å². The molecule has 0 aliphatic rings. The Kier molecular flexibility index (Phi) is 4.96. The van der Waals surface area contributed by atoms with Crippen LogP contribution in [-0.2, 0) is 9.53 Å². The molecule has 74 valence electrons. The van der Waals surface area contributed by atoms with Crippen molar-refractivity contribution in [2.24, 2.45) is 5.92 Å². The van der Waals surface area contributed by atoms with Crippen LogP contribution in [-0.4, -0.2) is 34.3 Å². The van der Waals surface area contributed by atoms with Gasteiger partial charge in [-0.3, -0.25) is 0 Å². The van der Waals surface area contributed by atoms with Gasteiger partial charge in [0.25, 0.3) is 0 Å². The Hall–Kier alpha value is -1.19. The second-order valence-corrected chi connectivity index (χ2v) is 2.89. The summed E-state index contributed by atoms with van der Waals surface area (Å²) >= 11 is 0. The number of rotatable bonds is 4. The first-order valence-corrected chi connectivity index (χ1v) is 4.11. The molecule has 0 saturated carbocycles. The third-order valence-corrected chi connectivity index (χ3v) is 1.50. The smallest absolute Gasteiger partial charge is 0.419 e. The van der Waals surface area contributed by atoms with E-state index >= 15 is 0 Å². The van der Waals surface area contributed by atoms with Crippen LogP contribution in [0, 0.1) is 5.92 Å². The lowest BCUT2D eigenvalue weighted by atomic mass is 10.0. The first kappa shape index (κ1) is 11.8. The second kappa shape index (κ2) is 5.45. The number of hydrogen-bond donors (Lipinski definition) is 1. The van der Waals surface area contributed by atoms with Gasteiger partial charge in [0.2, 0.25) is 0 Å². The number of ether oxygens (including phenoxy) is 1. The highest BCUT2D eigenvalue weighted by atomic mass is 16.5. The summed E-state index contributed by atoms with van der Waals surface area (Å²) in [6, 6.07) is 0. The number of carbonyl (C=O) groups excluding carboxylic acids is 1. The SMILES string of the molecule is CCOC(=O)C(=[N+]=[N-])[C@@H](O)C(C)C. The molecule has 5 heteroatoms. The van der Waals surface area contributed by atoms with Crippen LogP contribution in [0.2, 0.25) is 0 Å². The quantitative estimate of drug-likeness (QED) is 0.295. The van der Waals surface area contributed by atoms with Crippen molar-refractivity contribution in [2.45, 2.75) is 26.9 Å². The molecule has 0 heterocycles. The molecule has 0 aromatic carbocycles. The normalized spacial score (nSPS) is 12.1. The van der Waals surface area contributed by atoms with E-state index in [9.17, 15) is 9.90 Å². The van der Waals surface area contributed by atoms with Crippen LogP contribution in [0.5, 0.6) is 0 Å². The molecule has 5 nitrogen and oxygen atoms in total. The highest BCUT2D eigenvalue weighted by molar-refractivity contribution is 6.35. The van der Waals surface area contributed by atoms with E-state index in [0.29, 0.717) is 0 Å². The van der Waals surface area contributed by atoms with E-state index in [-0.39, 0.29) is 18.2 Å². The van der Waals surface area contributed by atoms with Crippen molar-refractivity contribution in [3.05, 3.63) is 5.53 Å². The van der Waals surface area contributed by atoms with Gasteiger partial charge in [0.15, 0.2) is 6.10 Å². The average molecular weight is 186 g/mol. The Bertz CT molecular complexity index is 232. The summed E-state index contributed by atoms with van der Waals surface area (Å²) in [6.07, 6.45) is -1.09. The van der Waals surface area contributed by atoms with Crippen LogP contribution < -0.4 is 0 Å². The van der Waals surface area contributed by atoms with Gasteiger partial charge in [0.05, 0.1) is 6.61 Å². The molecule has 13 heavy (non-hydrogen) atoms. The van der Waals surface area contributed by atoms with Gasteiger partial charge in [-0.2, -0.15) is 4.79 Å². The topological polar surface area (TPSA) is 82.9 Å². The van der Waals surface area contributed by atoms with E-state index in [1.165, 1.54) is 0 Å². The summed E-state index contributed by atoms with van der Waals surface area (Å²) in [7, 11) is 0. The first-order valence-electron chi connectivity index (χ1n) is 4.11. The molecule has 0 aliphatic carbocycles. The molecule has 0 aliphatic heterocycles. The lowest BCUT2D eigenvalue weighted by Crippen LogP contribution is -2.34. The summed E-state index contributed by atoms with van der Waals surface area (Å²) in [5.74, 6) is -0.985. The maximum absolute atomic E-state index is 11.0. The highest BCUT2D eigenvalue weighted by Gasteiger charge is 2.32. The van der Waals surface area contributed by atoms with Crippen molar-refractivity contribution >= 4 is 11.7 Å². The summed E-state index contributed by atoms with van der Waals surface area (Å²) in [6.45, 7) is 5.22. The molecule has 0 amide bonds. The van der Waals surface area contributed by atoms with Crippen LogP contribution in [0.15, 0.2) is 0 Å². The van der Waals surface area contributed by atoms with E-state index in [0.717, 1.165) is 0 Å². The molecule has 0 rings (SSSR count). The third kappa shape index (κ3) is 3.36. The summed E-state index contributed by atoms with van der Waals surface area (Å²) < 4.78 is 4.58. The van der Waals surface area contributed by atoms with Gasteiger partial charge in [-0.05, 0) is 12.8 Å². The molecule has 0 spiro atoms. The molecule has 0 unspecified atom stereocenters. The minimum Gasteiger partial charge on any atom is -0.457 e. The third-order valence-electron chi connectivity index (χ3n) is 1.50. The number of carbonyl (C=O) groups is 1.